The van der Waals surface area contributed by atoms with Crippen LogP contribution in [0.3, 0.4) is 0 Å². The Balaban J connectivity index is 1.76. The number of hydrogen-bond acceptors (Lipinski definition) is 4. The standard InChI is InChI=1S/C16H18N2O3/c1-16(11-17,13-7-8-13)18-14(19)10-21-15(20)9-12-5-3-2-4-6-12/h2-6,13H,7-10H2,1H3,(H,18,19)/t16-/m0/s1. The molecule has 110 valence electrons. The Morgan fingerprint density at radius 1 is 1.38 bits per heavy atom. The maximum absolute atomic E-state index is 11.8. The second-order valence-corrected chi connectivity index (χ2v) is 5.46. The Morgan fingerprint density at radius 3 is 2.62 bits per heavy atom. The lowest BCUT2D eigenvalue weighted by Gasteiger charge is -2.22. The van der Waals surface area contributed by atoms with Crippen LogP contribution in [0.4, 0.5) is 0 Å². The van der Waals surface area contributed by atoms with Gasteiger partial charge in [0.2, 0.25) is 0 Å². The molecule has 1 aliphatic rings. The summed E-state index contributed by atoms with van der Waals surface area (Å²) >= 11 is 0. The largest absolute Gasteiger partial charge is 0.455 e. The van der Waals surface area contributed by atoms with E-state index in [2.05, 4.69) is 11.4 Å². The van der Waals surface area contributed by atoms with Gasteiger partial charge < -0.3 is 10.1 Å². The Morgan fingerprint density at radius 2 is 2.05 bits per heavy atom. The van der Waals surface area contributed by atoms with E-state index in [1.54, 1.807) is 6.92 Å². The summed E-state index contributed by atoms with van der Waals surface area (Å²) in [6.45, 7) is 1.35. The third-order valence-corrected chi connectivity index (χ3v) is 3.58. The lowest BCUT2D eigenvalue weighted by Crippen LogP contribution is -2.48. The van der Waals surface area contributed by atoms with Gasteiger partial charge in [0.1, 0.15) is 5.54 Å². The minimum Gasteiger partial charge on any atom is -0.455 e. The van der Waals surface area contributed by atoms with Crippen molar-refractivity contribution in [3.63, 3.8) is 0 Å². The van der Waals surface area contributed by atoms with Gasteiger partial charge in [-0.25, -0.2) is 0 Å². The van der Waals surface area contributed by atoms with Gasteiger partial charge in [0.05, 0.1) is 12.5 Å². The average molecular weight is 286 g/mol. The maximum atomic E-state index is 11.8. The monoisotopic (exact) mass is 286 g/mol. The van der Waals surface area contributed by atoms with E-state index in [1.165, 1.54) is 0 Å². The van der Waals surface area contributed by atoms with Gasteiger partial charge in [-0.1, -0.05) is 30.3 Å². The molecule has 0 aromatic heterocycles. The first kappa shape index (κ1) is 15.0. The number of carbonyl (C=O) groups is 2. The van der Waals surface area contributed by atoms with E-state index in [4.69, 9.17) is 10.00 Å². The fourth-order valence-electron chi connectivity index (χ4n) is 2.17. The van der Waals surface area contributed by atoms with Crippen molar-refractivity contribution in [2.75, 3.05) is 6.61 Å². The third kappa shape index (κ3) is 4.32. The second kappa shape index (κ2) is 6.40. The van der Waals surface area contributed by atoms with Gasteiger partial charge in [-0.3, -0.25) is 9.59 Å². The molecule has 1 amide bonds. The molecule has 0 bridgehead atoms. The van der Waals surface area contributed by atoms with Crippen molar-refractivity contribution in [1.29, 1.82) is 5.26 Å². The highest BCUT2D eigenvalue weighted by atomic mass is 16.5. The van der Waals surface area contributed by atoms with Gasteiger partial charge in [-0.05, 0) is 31.2 Å². The Kier molecular flexibility index (Phi) is 4.59. The number of nitrogens with one attached hydrogen (secondary N) is 1. The summed E-state index contributed by atoms with van der Waals surface area (Å²) < 4.78 is 4.94. The summed E-state index contributed by atoms with van der Waals surface area (Å²) in [6.07, 6.45) is 2.02. The third-order valence-electron chi connectivity index (χ3n) is 3.58. The minimum absolute atomic E-state index is 0.131. The molecule has 1 N–H and O–H groups in total. The molecule has 1 atom stereocenters. The van der Waals surface area contributed by atoms with Crippen LogP contribution < -0.4 is 5.32 Å². The molecular weight excluding hydrogens is 268 g/mol. The summed E-state index contributed by atoms with van der Waals surface area (Å²) in [6, 6.07) is 11.3. The highest BCUT2D eigenvalue weighted by molar-refractivity contribution is 5.82. The number of esters is 1. The molecule has 0 saturated heterocycles. The van der Waals surface area contributed by atoms with Gasteiger partial charge in [0.15, 0.2) is 6.61 Å². The topological polar surface area (TPSA) is 79.2 Å². The van der Waals surface area contributed by atoms with E-state index in [-0.39, 0.29) is 18.9 Å². The Hall–Kier alpha value is -2.35. The molecule has 0 heterocycles. The summed E-state index contributed by atoms with van der Waals surface area (Å²) in [5.41, 5.74) is -0.0223. The maximum Gasteiger partial charge on any atom is 0.310 e. The van der Waals surface area contributed by atoms with Crippen molar-refractivity contribution >= 4 is 11.9 Å². The highest BCUT2D eigenvalue weighted by Gasteiger charge is 2.43. The SMILES string of the molecule is C[C@@](C#N)(NC(=O)COC(=O)Cc1ccccc1)C1CC1. The van der Waals surface area contributed by atoms with Crippen LogP contribution in [0.1, 0.15) is 25.3 Å². The van der Waals surface area contributed by atoms with Gasteiger partial charge in [-0.2, -0.15) is 5.26 Å². The van der Waals surface area contributed by atoms with Crippen LogP contribution in [0.5, 0.6) is 0 Å². The van der Waals surface area contributed by atoms with E-state index in [0.29, 0.717) is 0 Å². The van der Waals surface area contributed by atoms with Crippen molar-refractivity contribution in [2.45, 2.75) is 31.7 Å². The molecule has 1 fully saturated rings. The first-order valence-corrected chi connectivity index (χ1v) is 6.95. The first-order valence-electron chi connectivity index (χ1n) is 6.95. The predicted molar refractivity (Wildman–Crippen MR) is 76.0 cm³/mol. The molecule has 5 nitrogen and oxygen atoms in total. The first-order chi connectivity index (χ1) is 10.0. The van der Waals surface area contributed by atoms with Crippen LogP contribution in [0.15, 0.2) is 30.3 Å². The molecule has 1 aromatic carbocycles. The number of ether oxygens (including phenoxy) is 1. The molecule has 0 spiro atoms. The Labute approximate surface area is 123 Å². The van der Waals surface area contributed by atoms with Crippen LogP contribution in [0.2, 0.25) is 0 Å². The Bertz CT molecular complexity index is 561. The molecule has 1 aromatic rings. The quantitative estimate of drug-likeness (QED) is 0.805. The summed E-state index contributed by atoms with van der Waals surface area (Å²) in [7, 11) is 0. The zero-order valence-electron chi connectivity index (χ0n) is 12.0. The molecular formula is C16H18N2O3. The molecule has 21 heavy (non-hydrogen) atoms. The summed E-state index contributed by atoms with van der Waals surface area (Å²) in [5.74, 6) is -0.694. The van der Waals surface area contributed by atoms with E-state index >= 15 is 0 Å². The fourth-order valence-corrected chi connectivity index (χ4v) is 2.17. The number of carbonyl (C=O) groups excluding carboxylic acids is 2. The summed E-state index contributed by atoms with van der Waals surface area (Å²) in [5, 5.41) is 11.8. The van der Waals surface area contributed by atoms with Crippen LogP contribution in [-0.2, 0) is 20.7 Å². The molecule has 1 saturated carbocycles. The second-order valence-electron chi connectivity index (χ2n) is 5.46. The average Bonchev–Trinajstić information content (AvgIpc) is 3.31. The zero-order valence-corrected chi connectivity index (χ0v) is 12.0. The predicted octanol–water partition coefficient (Wildman–Crippen LogP) is 1.58. The van der Waals surface area contributed by atoms with Crippen LogP contribution in [-0.4, -0.2) is 24.0 Å². The molecule has 0 radical (unpaired) electrons. The molecule has 1 aliphatic carbocycles. The van der Waals surface area contributed by atoms with E-state index in [9.17, 15) is 9.59 Å². The number of nitriles is 1. The van der Waals surface area contributed by atoms with Crippen molar-refractivity contribution in [3.8, 4) is 6.07 Å². The van der Waals surface area contributed by atoms with Crippen molar-refractivity contribution < 1.29 is 14.3 Å². The number of nitrogens with zero attached hydrogens (tertiary/aromatic N) is 1. The van der Waals surface area contributed by atoms with Crippen molar-refractivity contribution in [1.82, 2.24) is 5.32 Å². The fraction of sp³-hybridized carbons (Fsp3) is 0.438. The highest BCUT2D eigenvalue weighted by Crippen LogP contribution is 2.39. The van der Waals surface area contributed by atoms with E-state index < -0.39 is 17.4 Å². The molecule has 5 heteroatoms. The van der Waals surface area contributed by atoms with E-state index in [0.717, 1.165) is 18.4 Å². The number of benzene rings is 1. The van der Waals surface area contributed by atoms with Crippen LogP contribution in [0.25, 0.3) is 0 Å². The number of hydrogen-bond donors (Lipinski definition) is 1. The number of rotatable bonds is 6. The zero-order chi connectivity index (χ0) is 15.3. The van der Waals surface area contributed by atoms with Crippen molar-refractivity contribution in [2.24, 2.45) is 5.92 Å². The van der Waals surface area contributed by atoms with Crippen molar-refractivity contribution in [3.05, 3.63) is 35.9 Å². The molecule has 2 rings (SSSR count). The molecule has 0 aliphatic heterocycles. The normalized spacial score (nSPS) is 16.4. The molecule has 0 unspecified atom stereocenters. The number of amides is 1. The van der Waals surface area contributed by atoms with Crippen LogP contribution in [0, 0.1) is 17.2 Å². The summed E-state index contributed by atoms with van der Waals surface area (Å²) in [4.78, 5) is 23.4. The van der Waals surface area contributed by atoms with Gasteiger partial charge in [-0.15, -0.1) is 0 Å². The van der Waals surface area contributed by atoms with Gasteiger partial charge in [0.25, 0.3) is 5.91 Å². The van der Waals surface area contributed by atoms with E-state index in [1.807, 2.05) is 30.3 Å². The van der Waals surface area contributed by atoms with Gasteiger partial charge >= 0.3 is 5.97 Å². The lowest BCUT2D eigenvalue weighted by atomic mass is 9.98. The smallest absolute Gasteiger partial charge is 0.310 e. The minimum atomic E-state index is -0.858. The van der Waals surface area contributed by atoms with Crippen LogP contribution >= 0.6 is 0 Å². The lowest BCUT2D eigenvalue weighted by molar-refractivity contribution is -0.148. The van der Waals surface area contributed by atoms with Gasteiger partial charge in [0, 0.05) is 0 Å².